The molecule has 3 aromatic rings. The summed E-state index contributed by atoms with van der Waals surface area (Å²) >= 11 is 3.36. The first-order valence-corrected chi connectivity index (χ1v) is 9.29. The molecule has 0 atom stereocenters. The second-order valence-corrected chi connectivity index (χ2v) is 6.58. The van der Waals surface area contributed by atoms with E-state index in [9.17, 15) is 4.79 Å². The predicted octanol–water partition coefficient (Wildman–Crippen LogP) is 3.92. The first kappa shape index (κ1) is 19.5. The predicted molar refractivity (Wildman–Crippen MR) is 108 cm³/mol. The van der Waals surface area contributed by atoms with E-state index in [0.717, 1.165) is 10.2 Å². The van der Waals surface area contributed by atoms with Gasteiger partial charge in [0, 0.05) is 12.3 Å². The molecule has 0 aliphatic carbocycles. The van der Waals surface area contributed by atoms with Crippen molar-refractivity contribution in [2.75, 3.05) is 18.5 Å². The zero-order chi connectivity index (χ0) is 19.9. The van der Waals surface area contributed by atoms with Gasteiger partial charge in [-0.2, -0.15) is 10.4 Å². The molecule has 1 N–H and O–H groups in total. The number of hydrogen-bond acceptors (Lipinski definition) is 5. The second-order valence-electron chi connectivity index (χ2n) is 5.66. The first-order chi connectivity index (χ1) is 13.6. The zero-order valence-corrected chi connectivity index (χ0v) is 16.6. The maximum atomic E-state index is 12.4. The molecule has 0 spiro atoms. The van der Waals surface area contributed by atoms with Gasteiger partial charge in [0.1, 0.15) is 0 Å². The highest BCUT2D eigenvalue weighted by molar-refractivity contribution is 9.10. The van der Waals surface area contributed by atoms with Gasteiger partial charge in [-0.25, -0.2) is 4.68 Å². The monoisotopic (exact) mass is 440 g/mol. The number of nitrogens with zero attached hydrogens (tertiary/aromatic N) is 3. The Bertz CT molecular complexity index is 1030. The molecule has 8 heteroatoms. The molecule has 0 aliphatic rings. The lowest BCUT2D eigenvalue weighted by molar-refractivity contribution is -0.118. The lowest BCUT2D eigenvalue weighted by Gasteiger charge is -2.13. The number of ether oxygens (including phenoxy) is 2. The average Bonchev–Trinajstić information content (AvgIpc) is 3.13. The molecular weight excluding hydrogens is 424 g/mol. The molecule has 2 aromatic carbocycles. The third kappa shape index (κ3) is 4.69. The van der Waals surface area contributed by atoms with Crippen LogP contribution in [0.1, 0.15) is 12.5 Å². The minimum absolute atomic E-state index is 0.205. The van der Waals surface area contributed by atoms with E-state index >= 15 is 0 Å². The van der Waals surface area contributed by atoms with Crippen LogP contribution in [0, 0.1) is 11.3 Å². The fourth-order valence-electron chi connectivity index (χ4n) is 2.51. The van der Waals surface area contributed by atoms with E-state index < -0.39 is 0 Å². The van der Waals surface area contributed by atoms with Gasteiger partial charge in [-0.15, -0.1) is 0 Å². The molecule has 0 unspecified atom stereocenters. The quantitative estimate of drug-likeness (QED) is 0.601. The van der Waals surface area contributed by atoms with Crippen molar-refractivity contribution >= 4 is 27.5 Å². The van der Waals surface area contributed by atoms with Gasteiger partial charge in [-0.3, -0.25) is 4.79 Å². The van der Waals surface area contributed by atoms with Gasteiger partial charge in [0.05, 0.1) is 40.3 Å². The number of carbonyl (C=O) groups excluding carboxylic acids is 1. The summed E-state index contributed by atoms with van der Waals surface area (Å²) in [6, 6.07) is 14.2. The van der Waals surface area contributed by atoms with E-state index in [1.54, 1.807) is 41.3 Å². The second kappa shape index (κ2) is 9.06. The number of nitriles is 1. The van der Waals surface area contributed by atoms with E-state index in [4.69, 9.17) is 14.7 Å². The number of nitrogens with one attached hydrogen (secondary N) is 1. The van der Waals surface area contributed by atoms with Gasteiger partial charge in [-0.1, -0.05) is 12.1 Å². The summed E-state index contributed by atoms with van der Waals surface area (Å²) < 4.78 is 13.6. The topological polar surface area (TPSA) is 89.2 Å². The Morgan fingerprint density at radius 2 is 2.07 bits per heavy atom. The smallest absolute Gasteiger partial charge is 0.262 e. The van der Waals surface area contributed by atoms with Crippen LogP contribution in [0.4, 0.5) is 5.69 Å². The summed E-state index contributed by atoms with van der Waals surface area (Å²) in [5, 5.41) is 16.1. The highest BCUT2D eigenvalue weighted by Crippen LogP contribution is 2.28. The molecule has 0 aliphatic heterocycles. The summed E-state index contributed by atoms with van der Waals surface area (Å²) in [4.78, 5) is 12.4. The van der Waals surface area contributed by atoms with Gasteiger partial charge >= 0.3 is 0 Å². The third-order valence-corrected chi connectivity index (χ3v) is 4.12. The lowest BCUT2D eigenvalue weighted by atomic mass is 10.2. The molecule has 1 amide bonds. The lowest BCUT2D eigenvalue weighted by Crippen LogP contribution is -2.21. The maximum Gasteiger partial charge on any atom is 0.262 e. The van der Waals surface area contributed by atoms with Crippen LogP contribution in [-0.2, 0) is 4.79 Å². The largest absolute Gasteiger partial charge is 0.490 e. The molecule has 142 valence electrons. The molecule has 0 saturated heterocycles. The minimum atomic E-state index is -0.328. The fraction of sp³-hybridized carbons (Fsp3) is 0.150. The highest BCUT2D eigenvalue weighted by Gasteiger charge is 2.12. The van der Waals surface area contributed by atoms with Crippen LogP contribution < -0.4 is 14.8 Å². The maximum absolute atomic E-state index is 12.4. The van der Waals surface area contributed by atoms with Crippen molar-refractivity contribution in [2.24, 2.45) is 0 Å². The number of amides is 1. The summed E-state index contributed by atoms with van der Waals surface area (Å²) in [6.45, 7) is 2.05. The van der Waals surface area contributed by atoms with E-state index in [1.807, 2.05) is 31.2 Å². The number of carbonyl (C=O) groups is 1. The summed E-state index contributed by atoms with van der Waals surface area (Å²) in [5.41, 5.74) is 1.80. The molecule has 1 aromatic heterocycles. The van der Waals surface area contributed by atoms with Crippen molar-refractivity contribution in [2.45, 2.75) is 6.92 Å². The molecule has 0 fully saturated rings. The Labute approximate surface area is 170 Å². The van der Waals surface area contributed by atoms with Crippen LogP contribution in [0.2, 0.25) is 0 Å². The standard InChI is InChI=1S/C20H17BrN4O3/c1-2-27-19-9-14(10-22)7-8-18(19)28-13-20(26)24-16-5-3-4-6-17(16)25-12-15(21)11-23-25/h3-9,11-12H,2,13H2,1H3,(H,24,26). The summed E-state index contributed by atoms with van der Waals surface area (Å²) in [7, 11) is 0. The van der Waals surface area contributed by atoms with Crippen LogP contribution >= 0.6 is 15.9 Å². The van der Waals surface area contributed by atoms with E-state index in [-0.39, 0.29) is 12.5 Å². The Balaban J connectivity index is 1.70. The van der Waals surface area contributed by atoms with Crippen molar-refractivity contribution in [3.63, 3.8) is 0 Å². The average molecular weight is 441 g/mol. The molecule has 0 saturated carbocycles. The molecule has 0 bridgehead atoms. The van der Waals surface area contributed by atoms with Crippen molar-refractivity contribution < 1.29 is 14.3 Å². The van der Waals surface area contributed by atoms with Crippen LogP contribution in [0.3, 0.4) is 0 Å². The van der Waals surface area contributed by atoms with Crippen LogP contribution in [0.5, 0.6) is 11.5 Å². The van der Waals surface area contributed by atoms with Crippen LogP contribution in [0.25, 0.3) is 5.69 Å². The molecule has 7 nitrogen and oxygen atoms in total. The Hall–Kier alpha value is -3.31. The van der Waals surface area contributed by atoms with Gasteiger partial charge in [0.2, 0.25) is 0 Å². The number of aromatic nitrogens is 2. The van der Waals surface area contributed by atoms with Crippen LogP contribution in [0.15, 0.2) is 59.3 Å². The van der Waals surface area contributed by atoms with Gasteiger partial charge in [0.25, 0.3) is 5.91 Å². The molecule has 0 radical (unpaired) electrons. The van der Waals surface area contributed by atoms with Crippen LogP contribution in [-0.4, -0.2) is 28.9 Å². The molecule has 28 heavy (non-hydrogen) atoms. The Morgan fingerprint density at radius 3 is 2.79 bits per heavy atom. The van der Waals surface area contributed by atoms with Crippen molar-refractivity contribution in [3.05, 3.63) is 64.9 Å². The molecule has 1 heterocycles. The third-order valence-electron chi connectivity index (χ3n) is 3.71. The van der Waals surface area contributed by atoms with Gasteiger partial charge in [0.15, 0.2) is 18.1 Å². The number of rotatable bonds is 7. The fourth-order valence-corrected chi connectivity index (χ4v) is 2.79. The van der Waals surface area contributed by atoms with E-state index in [2.05, 4.69) is 26.3 Å². The van der Waals surface area contributed by atoms with Gasteiger partial charge < -0.3 is 14.8 Å². The van der Waals surface area contributed by atoms with Crippen molar-refractivity contribution in [1.82, 2.24) is 9.78 Å². The number of halogens is 1. The molecular formula is C20H17BrN4O3. The molecule has 3 rings (SSSR count). The minimum Gasteiger partial charge on any atom is -0.490 e. The number of hydrogen-bond donors (Lipinski definition) is 1. The highest BCUT2D eigenvalue weighted by atomic mass is 79.9. The SMILES string of the molecule is CCOc1cc(C#N)ccc1OCC(=O)Nc1ccccc1-n1cc(Br)cn1. The Kier molecular flexibility index (Phi) is 6.29. The van der Waals surface area contributed by atoms with E-state index in [0.29, 0.717) is 29.4 Å². The van der Waals surface area contributed by atoms with Crippen molar-refractivity contribution in [3.8, 4) is 23.3 Å². The number of benzene rings is 2. The first-order valence-electron chi connectivity index (χ1n) is 8.50. The van der Waals surface area contributed by atoms with Crippen molar-refractivity contribution in [1.29, 1.82) is 5.26 Å². The number of para-hydroxylation sites is 2. The number of anilines is 1. The normalized spacial score (nSPS) is 10.2. The summed E-state index contributed by atoms with van der Waals surface area (Å²) in [5.74, 6) is 0.502. The van der Waals surface area contributed by atoms with Gasteiger partial charge in [-0.05, 0) is 47.1 Å². The zero-order valence-electron chi connectivity index (χ0n) is 15.1. The van der Waals surface area contributed by atoms with E-state index in [1.165, 1.54) is 0 Å². The summed E-state index contributed by atoms with van der Waals surface area (Å²) in [6.07, 6.45) is 3.47. The Morgan fingerprint density at radius 1 is 1.25 bits per heavy atom.